The molecular weight excluding hydrogens is 186 g/mol. The minimum Gasteiger partial charge on any atom is -0.492 e. The van der Waals surface area contributed by atoms with Crippen LogP contribution in [0.3, 0.4) is 0 Å². The molecule has 2 heteroatoms. The van der Waals surface area contributed by atoms with E-state index in [-0.39, 0.29) is 0 Å². The van der Waals surface area contributed by atoms with E-state index in [9.17, 15) is 0 Å². The Hall–Kier alpha value is -1.02. The van der Waals surface area contributed by atoms with E-state index in [1.54, 1.807) is 0 Å². The van der Waals surface area contributed by atoms with E-state index in [2.05, 4.69) is 38.2 Å². The Bertz CT molecular complexity index is 279. The van der Waals surface area contributed by atoms with Crippen LogP contribution < -0.4 is 10.1 Å². The van der Waals surface area contributed by atoms with Gasteiger partial charge < -0.3 is 10.1 Å². The van der Waals surface area contributed by atoms with Gasteiger partial charge in [-0.25, -0.2) is 0 Å². The quantitative estimate of drug-likeness (QED) is 0.801. The average Bonchev–Trinajstić information content (AvgIpc) is 2.26. The van der Waals surface area contributed by atoms with Crippen LogP contribution in [0.2, 0.25) is 0 Å². The second-order valence-electron chi connectivity index (χ2n) is 4.22. The predicted octanol–water partition coefficient (Wildman–Crippen LogP) is 2.80. The lowest BCUT2D eigenvalue weighted by molar-refractivity contribution is 0.280. The smallest absolute Gasteiger partial charge is 0.119 e. The summed E-state index contributed by atoms with van der Waals surface area (Å²) in [7, 11) is 1.94. The molecule has 1 rings (SSSR count). The second-order valence-corrected chi connectivity index (χ2v) is 4.22. The molecule has 0 saturated carbocycles. The van der Waals surface area contributed by atoms with Crippen LogP contribution in [0.25, 0.3) is 0 Å². The summed E-state index contributed by atoms with van der Waals surface area (Å²) in [4.78, 5) is 0. The first-order chi connectivity index (χ1) is 7.13. The third kappa shape index (κ3) is 3.92. The van der Waals surface area contributed by atoms with Crippen LogP contribution in [0.5, 0.6) is 5.75 Å². The van der Waals surface area contributed by atoms with Crippen molar-refractivity contribution in [3.8, 4) is 5.75 Å². The molecule has 0 unspecified atom stereocenters. The fraction of sp³-hybridized carbons (Fsp3) is 0.538. The highest BCUT2D eigenvalue weighted by Crippen LogP contribution is 2.18. The molecule has 1 aromatic rings. The molecule has 0 saturated heterocycles. The summed E-state index contributed by atoms with van der Waals surface area (Å²) in [5.41, 5.74) is 1.35. The van der Waals surface area contributed by atoms with Gasteiger partial charge in [-0.2, -0.15) is 0 Å². The molecule has 0 fully saturated rings. The van der Waals surface area contributed by atoms with Gasteiger partial charge in [-0.15, -0.1) is 0 Å². The van der Waals surface area contributed by atoms with Crippen LogP contribution in [0.1, 0.15) is 32.3 Å². The molecule has 0 heterocycles. The molecular formula is C13H21NO. The average molecular weight is 207 g/mol. The minimum atomic E-state index is 0.384. The molecule has 0 aliphatic heterocycles. The summed E-state index contributed by atoms with van der Waals surface area (Å²) in [5, 5.41) is 3.14. The molecule has 0 radical (unpaired) electrons. The Balaban J connectivity index is 2.50. The minimum absolute atomic E-state index is 0.384. The Morgan fingerprint density at radius 1 is 1.13 bits per heavy atom. The number of nitrogens with one attached hydrogen (secondary N) is 1. The summed E-state index contributed by atoms with van der Waals surface area (Å²) >= 11 is 0. The summed E-state index contributed by atoms with van der Waals surface area (Å²) in [6.07, 6.45) is 0. The summed E-state index contributed by atoms with van der Waals surface area (Å²) in [6.45, 7) is 7.19. The zero-order valence-corrected chi connectivity index (χ0v) is 10.1. The fourth-order valence-corrected chi connectivity index (χ4v) is 1.25. The summed E-state index contributed by atoms with van der Waals surface area (Å²) in [6, 6.07) is 8.72. The van der Waals surface area contributed by atoms with Crippen molar-refractivity contribution in [2.24, 2.45) is 0 Å². The fourth-order valence-electron chi connectivity index (χ4n) is 1.25. The van der Waals surface area contributed by atoms with Gasteiger partial charge in [0.1, 0.15) is 12.4 Å². The standard InChI is InChI=1S/C13H21NO/c1-10(2)12-5-7-13(8-6-12)15-9-11(3)14-4/h5-8,10-11,14H,9H2,1-4H3/t11-/m0/s1. The number of hydrogen-bond donors (Lipinski definition) is 1. The SMILES string of the molecule is CN[C@@H](C)COc1ccc(C(C)C)cc1. The van der Waals surface area contributed by atoms with E-state index in [0.717, 1.165) is 5.75 Å². The van der Waals surface area contributed by atoms with Gasteiger partial charge in [0.05, 0.1) is 0 Å². The van der Waals surface area contributed by atoms with Crippen molar-refractivity contribution < 1.29 is 4.74 Å². The van der Waals surface area contributed by atoms with Crippen molar-refractivity contribution in [1.29, 1.82) is 0 Å². The lowest BCUT2D eigenvalue weighted by Crippen LogP contribution is -2.28. The van der Waals surface area contributed by atoms with Gasteiger partial charge in [0.2, 0.25) is 0 Å². The maximum absolute atomic E-state index is 5.63. The first-order valence-electron chi connectivity index (χ1n) is 5.53. The Morgan fingerprint density at radius 2 is 1.73 bits per heavy atom. The van der Waals surface area contributed by atoms with E-state index in [1.165, 1.54) is 5.56 Å². The highest BCUT2D eigenvalue weighted by molar-refractivity contribution is 5.28. The number of likely N-dealkylation sites (N-methyl/N-ethyl adjacent to an activating group) is 1. The topological polar surface area (TPSA) is 21.3 Å². The van der Waals surface area contributed by atoms with E-state index in [4.69, 9.17) is 4.74 Å². The molecule has 15 heavy (non-hydrogen) atoms. The maximum Gasteiger partial charge on any atom is 0.119 e. The first kappa shape index (κ1) is 12.1. The van der Waals surface area contributed by atoms with Crippen molar-refractivity contribution in [3.05, 3.63) is 29.8 Å². The zero-order chi connectivity index (χ0) is 11.3. The number of benzene rings is 1. The van der Waals surface area contributed by atoms with Crippen LogP contribution >= 0.6 is 0 Å². The van der Waals surface area contributed by atoms with Gasteiger partial charge >= 0.3 is 0 Å². The Kier molecular flexibility index (Phi) is 4.63. The van der Waals surface area contributed by atoms with E-state index in [0.29, 0.717) is 18.6 Å². The molecule has 1 N–H and O–H groups in total. The van der Waals surface area contributed by atoms with Crippen molar-refractivity contribution >= 4 is 0 Å². The highest BCUT2D eigenvalue weighted by atomic mass is 16.5. The van der Waals surface area contributed by atoms with Gasteiger partial charge in [-0.05, 0) is 37.6 Å². The van der Waals surface area contributed by atoms with Crippen molar-refractivity contribution in [2.75, 3.05) is 13.7 Å². The molecule has 0 bridgehead atoms. The molecule has 0 amide bonds. The van der Waals surface area contributed by atoms with E-state index >= 15 is 0 Å². The van der Waals surface area contributed by atoms with Gasteiger partial charge in [0.15, 0.2) is 0 Å². The van der Waals surface area contributed by atoms with E-state index in [1.807, 2.05) is 19.2 Å². The molecule has 0 spiro atoms. The summed E-state index contributed by atoms with van der Waals surface area (Å²) in [5.74, 6) is 1.52. The van der Waals surface area contributed by atoms with Gasteiger partial charge in [-0.1, -0.05) is 26.0 Å². The number of hydrogen-bond acceptors (Lipinski definition) is 2. The molecule has 1 aromatic carbocycles. The molecule has 0 aromatic heterocycles. The number of rotatable bonds is 5. The monoisotopic (exact) mass is 207 g/mol. The van der Waals surface area contributed by atoms with Crippen LogP contribution in [-0.2, 0) is 0 Å². The predicted molar refractivity (Wildman–Crippen MR) is 64.5 cm³/mol. The zero-order valence-electron chi connectivity index (χ0n) is 10.1. The van der Waals surface area contributed by atoms with Crippen molar-refractivity contribution in [3.63, 3.8) is 0 Å². The normalized spacial score (nSPS) is 12.9. The molecule has 0 aliphatic carbocycles. The maximum atomic E-state index is 5.63. The van der Waals surface area contributed by atoms with Crippen molar-refractivity contribution in [2.45, 2.75) is 32.7 Å². The van der Waals surface area contributed by atoms with E-state index < -0.39 is 0 Å². The largest absolute Gasteiger partial charge is 0.492 e. The molecule has 1 atom stereocenters. The molecule has 0 aliphatic rings. The first-order valence-corrected chi connectivity index (χ1v) is 5.53. The highest BCUT2D eigenvalue weighted by Gasteiger charge is 2.01. The molecule has 84 valence electrons. The third-order valence-corrected chi connectivity index (χ3v) is 2.54. The Morgan fingerprint density at radius 3 is 2.20 bits per heavy atom. The van der Waals surface area contributed by atoms with Crippen LogP contribution in [0, 0.1) is 0 Å². The second kappa shape index (κ2) is 5.76. The van der Waals surface area contributed by atoms with Crippen molar-refractivity contribution in [1.82, 2.24) is 5.32 Å². The van der Waals surface area contributed by atoms with Crippen LogP contribution in [-0.4, -0.2) is 19.7 Å². The van der Waals surface area contributed by atoms with Crippen LogP contribution in [0.4, 0.5) is 0 Å². The molecule has 2 nitrogen and oxygen atoms in total. The summed E-state index contributed by atoms with van der Waals surface area (Å²) < 4.78 is 5.63. The lowest BCUT2D eigenvalue weighted by atomic mass is 10.0. The van der Waals surface area contributed by atoms with Gasteiger partial charge in [0.25, 0.3) is 0 Å². The lowest BCUT2D eigenvalue weighted by Gasteiger charge is -2.12. The number of ether oxygens (including phenoxy) is 1. The van der Waals surface area contributed by atoms with Crippen LogP contribution in [0.15, 0.2) is 24.3 Å². The van der Waals surface area contributed by atoms with Gasteiger partial charge in [-0.3, -0.25) is 0 Å². The third-order valence-electron chi connectivity index (χ3n) is 2.54. The Labute approximate surface area is 92.6 Å². The van der Waals surface area contributed by atoms with Gasteiger partial charge in [0, 0.05) is 6.04 Å².